The predicted octanol–water partition coefficient (Wildman–Crippen LogP) is 3.56. The zero-order chi connectivity index (χ0) is 33.7. The molecule has 0 atom stereocenters. The molecular weight excluding hydrogens is 586 g/mol. The number of nitrogens with one attached hydrogen (secondary N) is 2. The molecule has 3 amide bonds. The van der Waals surface area contributed by atoms with Gasteiger partial charge in [0.05, 0.1) is 36.3 Å². The Bertz CT molecular complexity index is 1430. The SMILES string of the molecule is CNc1ccc(C)c(N=CN(C=O)CC2(O)CCN(C(=O)/C(C=NCCNC(=O)OC(C)(C)C)=C(/N)Cc3ccccc3)CC2)c1. The topological polar surface area (TPSA) is 162 Å². The van der Waals surface area contributed by atoms with E-state index >= 15 is 0 Å². The van der Waals surface area contributed by atoms with Gasteiger partial charge in [-0.25, -0.2) is 9.79 Å². The Balaban J connectivity index is 1.66. The Hall–Kier alpha value is -4.71. The fourth-order valence-electron chi connectivity index (χ4n) is 4.82. The molecule has 2 aromatic carbocycles. The van der Waals surface area contributed by atoms with Crippen molar-refractivity contribution in [3.05, 3.63) is 70.9 Å². The molecule has 1 heterocycles. The fourth-order valence-corrected chi connectivity index (χ4v) is 4.82. The van der Waals surface area contributed by atoms with Crippen molar-refractivity contribution in [1.82, 2.24) is 15.1 Å². The Kier molecular flexibility index (Phi) is 12.9. The van der Waals surface area contributed by atoms with E-state index in [1.54, 1.807) is 25.7 Å². The number of aliphatic hydroxyl groups is 1. The number of hydrogen-bond acceptors (Lipinski definition) is 9. The van der Waals surface area contributed by atoms with Crippen LogP contribution in [0.3, 0.4) is 0 Å². The van der Waals surface area contributed by atoms with Gasteiger partial charge < -0.3 is 36.0 Å². The van der Waals surface area contributed by atoms with Gasteiger partial charge in [-0.3, -0.25) is 14.6 Å². The Morgan fingerprint density at radius 1 is 1.15 bits per heavy atom. The van der Waals surface area contributed by atoms with Crippen LogP contribution in [0.25, 0.3) is 0 Å². The van der Waals surface area contributed by atoms with Crippen LogP contribution in [-0.2, 0) is 20.7 Å². The van der Waals surface area contributed by atoms with Gasteiger partial charge in [-0.2, -0.15) is 0 Å². The summed E-state index contributed by atoms with van der Waals surface area (Å²) >= 11 is 0. The number of carbonyl (C=O) groups excluding carboxylic acids is 3. The van der Waals surface area contributed by atoms with Crippen LogP contribution < -0.4 is 16.4 Å². The summed E-state index contributed by atoms with van der Waals surface area (Å²) < 4.78 is 5.24. The molecule has 46 heavy (non-hydrogen) atoms. The lowest BCUT2D eigenvalue weighted by Crippen LogP contribution is -2.52. The maximum Gasteiger partial charge on any atom is 0.407 e. The van der Waals surface area contributed by atoms with Crippen LogP contribution in [0.5, 0.6) is 0 Å². The molecule has 0 spiro atoms. The van der Waals surface area contributed by atoms with Gasteiger partial charge in [-0.1, -0.05) is 36.4 Å². The third-order valence-electron chi connectivity index (χ3n) is 7.38. The number of likely N-dealkylation sites (tertiary alicyclic amines) is 1. The molecule has 0 saturated carbocycles. The van der Waals surface area contributed by atoms with E-state index in [9.17, 15) is 19.5 Å². The van der Waals surface area contributed by atoms with Crippen molar-refractivity contribution in [2.24, 2.45) is 15.7 Å². The molecule has 12 heteroatoms. The summed E-state index contributed by atoms with van der Waals surface area (Å²) in [6.07, 6.45) is 3.83. The maximum absolute atomic E-state index is 13.7. The molecule has 0 aromatic heterocycles. The number of aliphatic imine (C=N–C) groups is 2. The van der Waals surface area contributed by atoms with Crippen molar-refractivity contribution in [2.45, 2.75) is 58.2 Å². The summed E-state index contributed by atoms with van der Waals surface area (Å²) in [5.41, 5.74) is 8.78. The molecule has 1 aliphatic rings. The number of rotatable bonds is 13. The van der Waals surface area contributed by atoms with Crippen LogP contribution in [0.15, 0.2) is 69.8 Å². The number of benzene rings is 2. The predicted molar refractivity (Wildman–Crippen MR) is 181 cm³/mol. The van der Waals surface area contributed by atoms with Crippen molar-refractivity contribution in [3.63, 3.8) is 0 Å². The van der Waals surface area contributed by atoms with Crippen LogP contribution in [0, 0.1) is 6.92 Å². The van der Waals surface area contributed by atoms with Gasteiger partial charge in [0.15, 0.2) is 0 Å². The summed E-state index contributed by atoms with van der Waals surface area (Å²) in [6, 6.07) is 15.3. The molecule has 1 saturated heterocycles. The summed E-state index contributed by atoms with van der Waals surface area (Å²) in [6.45, 7) is 8.28. The van der Waals surface area contributed by atoms with Crippen molar-refractivity contribution in [1.29, 1.82) is 0 Å². The van der Waals surface area contributed by atoms with Crippen LogP contribution in [0.4, 0.5) is 16.2 Å². The van der Waals surface area contributed by atoms with Gasteiger partial charge in [0.1, 0.15) is 5.60 Å². The Morgan fingerprint density at radius 2 is 1.85 bits per heavy atom. The lowest BCUT2D eigenvalue weighted by atomic mass is 9.90. The van der Waals surface area contributed by atoms with E-state index < -0.39 is 17.3 Å². The van der Waals surface area contributed by atoms with Gasteiger partial charge in [-0.05, 0) is 63.8 Å². The first-order chi connectivity index (χ1) is 21.8. The molecule has 248 valence electrons. The smallest absolute Gasteiger partial charge is 0.407 e. The molecule has 2 aromatic rings. The molecule has 0 unspecified atom stereocenters. The Labute approximate surface area is 271 Å². The van der Waals surface area contributed by atoms with E-state index in [1.807, 2.05) is 62.5 Å². The van der Waals surface area contributed by atoms with Gasteiger partial charge in [0.25, 0.3) is 5.91 Å². The second kappa shape index (κ2) is 16.6. The lowest BCUT2D eigenvalue weighted by molar-refractivity contribution is -0.132. The third kappa shape index (κ3) is 11.3. The number of anilines is 1. The van der Waals surface area contributed by atoms with E-state index in [0.29, 0.717) is 24.2 Å². The zero-order valence-corrected chi connectivity index (χ0v) is 27.5. The first-order valence-electron chi connectivity index (χ1n) is 15.4. The van der Waals surface area contributed by atoms with Crippen LogP contribution in [0.2, 0.25) is 0 Å². The quantitative estimate of drug-likeness (QED) is 0.0862. The van der Waals surface area contributed by atoms with Crippen molar-refractivity contribution < 1.29 is 24.2 Å². The van der Waals surface area contributed by atoms with Crippen LogP contribution >= 0.6 is 0 Å². The van der Waals surface area contributed by atoms with E-state index in [1.165, 1.54) is 17.5 Å². The molecule has 5 N–H and O–H groups in total. The van der Waals surface area contributed by atoms with Gasteiger partial charge in [0, 0.05) is 50.7 Å². The van der Waals surface area contributed by atoms with Gasteiger partial charge in [-0.15, -0.1) is 0 Å². The molecule has 1 aliphatic heterocycles. The minimum atomic E-state index is -1.20. The van der Waals surface area contributed by atoms with E-state index in [4.69, 9.17) is 10.5 Å². The van der Waals surface area contributed by atoms with Crippen LogP contribution in [0.1, 0.15) is 44.7 Å². The molecule has 12 nitrogen and oxygen atoms in total. The van der Waals surface area contributed by atoms with Crippen LogP contribution in [-0.4, -0.2) is 96.8 Å². The number of alkyl carbamates (subject to hydrolysis) is 1. The lowest BCUT2D eigenvalue weighted by Gasteiger charge is -2.39. The number of nitrogens with two attached hydrogens (primary N) is 1. The standard InChI is InChI=1S/C34H47N7O5/c1-25-11-12-27(36-5)20-30(25)39-23-40(24-42)22-34(45)13-17-41(18-14-34)31(43)28(29(35)19-26-9-7-6-8-10-26)21-37-15-16-38-32(44)46-33(2,3)4/h6-12,20-21,23-24,36,45H,13-19,22,35H2,1-5H3,(H,38,44)/b29-28+,37-21?,39-23?. The molecule has 0 bridgehead atoms. The zero-order valence-electron chi connectivity index (χ0n) is 27.5. The largest absolute Gasteiger partial charge is 0.444 e. The summed E-state index contributed by atoms with van der Waals surface area (Å²) in [4.78, 5) is 49.3. The second-order valence-electron chi connectivity index (χ2n) is 12.4. The highest BCUT2D eigenvalue weighted by Gasteiger charge is 2.36. The average Bonchev–Trinajstić information content (AvgIpc) is 3.01. The van der Waals surface area contributed by atoms with Gasteiger partial charge >= 0.3 is 6.09 Å². The minimum absolute atomic E-state index is 0.0394. The van der Waals surface area contributed by atoms with Gasteiger partial charge in [0.2, 0.25) is 6.41 Å². The van der Waals surface area contributed by atoms with E-state index in [-0.39, 0.29) is 57.0 Å². The maximum atomic E-state index is 13.7. The average molecular weight is 634 g/mol. The second-order valence-corrected chi connectivity index (χ2v) is 12.4. The first kappa shape index (κ1) is 35.8. The Morgan fingerprint density at radius 3 is 2.48 bits per heavy atom. The normalized spacial score (nSPS) is 15.4. The first-order valence-corrected chi connectivity index (χ1v) is 15.4. The number of hydrogen-bond donors (Lipinski definition) is 4. The third-order valence-corrected chi connectivity index (χ3v) is 7.38. The number of allylic oxidation sites excluding steroid dienone is 1. The molecule has 0 aliphatic carbocycles. The molecule has 1 fully saturated rings. The number of ether oxygens (including phenoxy) is 1. The number of nitrogens with zero attached hydrogens (tertiary/aromatic N) is 4. The van der Waals surface area contributed by atoms with Crippen molar-refractivity contribution >= 4 is 42.3 Å². The number of amides is 3. The highest BCUT2D eigenvalue weighted by Crippen LogP contribution is 2.26. The monoisotopic (exact) mass is 633 g/mol. The molecule has 0 radical (unpaired) electrons. The van der Waals surface area contributed by atoms with Crippen molar-refractivity contribution in [3.8, 4) is 0 Å². The van der Waals surface area contributed by atoms with E-state index in [2.05, 4.69) is 20.6 Å². The molecule has 3 rings (SSSR count). The molecular formula is C34H47N7O5. The fraction of sp³-hybridized carbons (Fsp3) is 0.441. The van der Waals surface area contributed by atoms with Crippen molar-refractivity contribution in [2.75, 3.05) is 45.1 Å². The number of aryl methyl sites for hydroxylation is 1. The number of carbonyl (C=O) groups is 3. The summed E-state index contributed by atoms with van der Waals surface area (Å²) in [5, 5.41) is 17.1. The number of piperidine rings is 1. The summed E-state index contributed by atoms with van der Waals surface area (Å²) in [5.74, 6) is -0.298. The van der Waals surface area contributed by atoms with E-state index in [0.717, 1.165) is 16.8 Å². The summed E-state index contributed by atoms with van der Waals surface area (Å²) in [7, 11) is 1.82. The minimum Gasteiger partial charge on any atom is -0.444 e. The highest BCUT2D eigenvalue weighted by molar-refractivity contribution is 6.12. The highest BCUT2D eigenvalue weighted by atomic mass is 16.6.